The van der Waals surface area contributed by atoms with Crippen LogP contribution in [0, 0.1) is 5.92 Å². The average molecular weight is 382 g/mol. The van der Waals surface area contributed by atoms with Crippen molar-refractivity contribution < 1.29 is 4.74 Å². The summed E-state index contributed by atoms with van der Waals surface area (Å²) >= 11 is 6.07. The third kappa shape index (κ3) is 4.41. The van der Waals surface area contributed by atoms with Gasteiger partial charge in [0.05, 0.1) is 19.5 Å². The number of ether oxygens (including phenoxy) is 1. The van der Waals surface area contributed by atoms with E-state index < -0.39 is 0 Å². The molecule has 0 bridgehead atoms. The minimum absolute atomic E-state index is 0.343. The van der Waals surface area contributed by atoms with Gasteiger partial charge >= 0.3 is 0 Å². The summed E-state index contributed by atoms with van der Waals surface area (Å²) in [5.74, 6) is 1.10. The number of rotatable bonds is 6. The van der Waals surface area contributed by atoms with Gasteiger partial charge in [-0.2, -0.15) is 0 Å². The zero-order chi connectivity index (χ0) is 18.5. The molecule has 3 atom stereocenters. The van der Waals surface area contributed by atoms with Crippen LogP contribution in [0.1, 0.15) is 28.7 Å². The molecule has 0 saturated carbocycles. The van der Waals surface area contributed by atoms with Gasteiger partial charge in [-0.05, 0) is 23.3 Å². The maximum atomic E-state index is 6.09. The highest BCUT2D eigenvalue weighted by Crippen LogP contribution is 2.40. The molecule has 2 N–H and O–H groups in total. The van der Waals surface area contributed by atoms with E-state index in [-0.39, 0.29) is 0 Å². The maximum Gasteiger partial charge on any atom is 0.0921 e. The Morgan fingerprint density at radius 3 is 2.74 bits per heavy atom. The molecule has 0 radical (unpaired) electrons. The largest absolute Gasteiger partial charge is 0.376 e. The lowest BCUT2D eigenvalue weighted by Crippen LogP contribution is -2.43. The first-order valence-corrected chi connectivity index (χ1v) is 9.75. The van der Waals surface area contributed by atoms with Crippen molar-refractivity contribution in [1.29, 1.82) is 0 Å². The number of imidazole rings is 1. The summed E-state index contributed by atoms with van der Waals surface area (Å²) in [6.45, 7) is 3.15. The van der Waals surface area contributed by atoms with Crippen molar-refractivity contribution in [3.05, 3.63) is 89.0 Å². The van der Waals surface area contributed by atoms with E-state index >= 15 is 0 Å². The van der Waals surface area contributed by atoms with E-state index in [4.69, 9.17) is 16.3 Å². The van der Waals surface area contributed by atoms with Gasteiger partial charge in [0.25, 0.3) is 0 Å². The number of hydrogen-bond donors (Lipinski definition) is 2. The lowest BCUT2D eigenvalue weighted by atomic mass is 9.74. The Bertz CT molecular complexity index is 838. The topological polar surface area (TPSA) is 49.9 Å². The minimum atomic E-state index is 0.343. The normalized spacial score (nSPS) is 22.6. The van der Waals surface area contributed by atoms with Crippen molar-refractivity contribution in [1.82, 2.24) is 15.3 Å². The molecule has 2 heterocycles. The summed E-state index contributed by atoms with van der Waals surface area (Å²) in [7, 11) is 0. The lowest BCUT2D eigenvalue weighted by Gasteiger charge is -2.38. The molecule has 0 amide bonds. The number of piperidine rings is 1. The van der Waals surface area contributed by atoms with Crippen molar-refractivity contribution in [2.75, 3.05) is 19.7 Å². The van der Waals surface area contributed by atoms with Crippen LogP contribution in [0.15, 0.2) is 67.1 Å². The zero-order valence-corrected chi connectivity index (χ0v) is 15.9. The second kappa shape index (κ2) is 8.70. The number of nitrogens with zero attached hydrogens (tertiary/aromatic N) is 1. The zero-order valence-electron chi connectivity index (χ0n) is 15.1. The molecule has 2 aromatic carbocycles. The van der Waals surface area contributed by atoms with Gasteiger partial charge in [-0.3, -0.25) is 0 Å². The molecular weight excluding hydrogens is 358 g/mol. The molecule has 3 aromatic rings. The summed E-state index contributed by atoms with van der Waals surface area (Å²) in [5.41, 5.74) is 3.63. The smallest absolute Gasteiger partial charge is 0.0921 e. The van der Waals surface area contributed by atoms with Crippen LogP contribution in [0.4, 0.5) is 0 Å². The molecular formula is C22H24ClN3O. The quantitative estimate of drug-likeness (QED) is 0.666. The maximum absolute atomic E-state index is 6.09. The van der Waals surface area contributed by atoms with E-state index in [2.05, 4.69) is 45.6 Å². The second-order valence-electron chi connectivity index (χ2n) is 7.11. The summed E-state index contributed by atoms with van der Waals surface area (Å²) in [6, 6.07) is 18.6. The molecule has 0 aliphatic carbocycles. The van der Waals surface area contributed by atoms with Gasteiger partial charge in [0.15, 0.2) is 0 Å². The van der Waals surface area contributed by atoms with Gasteiger partial charge in [0, 0.05) is 47.8 Å². The number of nitrogens with one attached hydrogen (secondary N) is 2. The number of hydrogen-bond acceptors (Lipinski definition) is 3. The molecule has 27 heavy (non-hydrogen) atoms. The molecule has 5 heteroatoms. The van der Waals surface area contributed by atoms with Gasteiger partial charge in [-0.1, -0.05) is 54.1 Å². The summed E-state index contributed by atoms with van der Waals surface area (Å²) in [6.07, 6.45) is 3.72. The van der Waals surface area contributed by atoms with Crippen LogP contribution >= 0.6 is 11.6 Å². The van der Waals surface area contributed by atoms with Gasteiger partial charge in [0.2, 0.25) is 0 Å². The molecule has 1 aliphatic rings. The Morgan fingerprint density at radius 1 is 1.07 bits per heavy atom. The van der Waals surface area contributed by atoms with E-state index in [1.807, 2.05) is 30.5 Å². The van der Waals surface area contributed by atoms with Gasteiger partial charge in [0.1, 0.15) is 0 Å². The highest BCUT2D eigenvalue weighted by Gasteiger charge is 2.36. The van der Waals surface area contributed by atoms with E-state index in [1.165, 1.54) is 11.3 Å². The first-order valence-electron chi connectivity index (χ1n) is 9.37. The number of H-pyrrole nitrogens is 1. The Hall–Kier alpha value is -2.14. The van der Waals surface area contributed by atoms with E-state index in [0.29, 0.717) is 31.0 Å². The van der Waals surface area contributed by atoms with Crippen molar-refractivity contribution in [2.24, 2.45) is 5.92 Å². The Morgan fingerprint density at radius 2 is 1.96 bits per heavy atom. The van der Waals surface area contributed by atoms with Crippen LogP contribution in [0.3, 0.4) is 0 Å². The molecule has 140 valence electrons. The van der Waals surface area contributed by atoms with Gasteiger partial charge < -0.3 is 15.0 Å². The minimum Gasteiger partial charge on any atom is -0.376 e. The van der Waals surface area contributed by atoms with Crippen LogP contribution in [-0.2, 0) is 11.3 Å². The van der Waals surface area contributed by atoms with E-state index in [1.54, 1.807) is 6.33 Å². The average Bonchev–Trinajstić information content (AvgIpc) is 3.23. The highest BCUT2D eigenvalue weighted by molar-refractivity contribution is 6.30. The standard InChI is InChI=1S/C22H24ClN3O/c23-19-8-4-5-16(9-19)13-27-14-18-10-24-11-20(17-6-2-1-3-7-17)22(18)21-12-25-15-26-21/h1-9,12,15,18,20,22,24H,10-11,13-14H2,(H,25,26). The third-order valence-electron chi connectivity index (χ3n) is 5.31. The van der Waals surface area contributed by atoms with Gasteiger partial charge in [-0.15, -0.1) is 0 Å². The molecule has 0 spiro atoms. The SMILES string of the molecule is Clc1cccc(COCC2CNCC(c3ccccc3)C2c2cnc[nH]2)c1. The van der Waals surface area contributed by atoms with E-state index in [0.717, 1.165) is 23.7 Å². The molecule has 1 fully saturated rings. The molecule has 1 saturated heterocycles. The number of benzene rings is 2. The fourth-order valence-corrected chi connectivity index (χ4v) is 4.28. The van der Waals surface area contributed by atoms with Crippen LogP contribution < -0.4 is 5.32 Å². The van der Waals surface area contributed by atoms with E-state index in [9.17, 15) is 0 Å². The van der Waals surface area contributed by atoms with Crippen molar-refractivity contribution in [3.8, 4) is 0 Å². The Labute approximate surface area is 164 Å². The monoisotopic (exact) mass is 381 g/mol. The number of halogens is 1. The van der Waals surface area contributed by atoms with Gasteiger partial charge in [-0.25, -0.2) is 4.98 Å². The highest BCUT2D eigenvalue weighted by atomic mass is 35.5. The summed E-state index contributed by atoms with van der Waals surface area (Å²) in [4.78, 5) is 7.61. The first-order chi connectivity index (χ1) is 13.3. The van der Waals surface area contributed by atoms with Crippen LogP contribution in [-0.4, -0.2) is 29.7 Å². The Balaban J connectivity index is 1.50. The molecule has 1 aromatic heterocycles. The number of aromatic nitrogens is 2. The fourth-order valence-electron chi connectivity index (χ4n) is 4.07. The predicted molar refractivity (Wildman–Crippen MR) is 108 cm³/mol. The van der Waals surface area contributed by atoms with Crippen molar-refractivity contribution in [2.45, 2.75) is 18.4 Å². The number of aromatic amines is 1. The Kier molecular flexibility index (Phi) is 5.87. The third-order valence-corrected chi connectivity index (χ3v) is 5.54. The second-order valence-corrected chi connectivity index (χ2v) is 7.55. The molecule has 3 unspecified atom stereocenters. The summed E-state index contributed by atoms with van der Waals surface area (Å²) < 4.78 is 6.09. The van der Waals surface area contributed by atoms with Crippen LogP contribution in [0.25, 0.3) is 0 Å². The molecule has 4 rings (SSSR count). The lowest BCUT2D eigenvalue weighted by molar-refractivity contribution is 0.0651. The predicted octanol–water partition coefficient (Wildman–Crippen LogP) is 4.37. The van der Waals surface area contributed by atoms with Crippen LogP contribution in [0.5, 0.6) is 0 Å². The molecule has 1 aliphatic heterocycles. The van der Waals surface area contributed by atoms with Crippen molar-refractivity contribution >= 4 is 11.6 Å². The first kappa shape index (κ1) is 18.2. The molecule has 4 nitrogen and oxygen atoms in total. The van der Waals surface area contributed by atoms with Crippen molar-refractivity contribution in [3.63, 3.8) is 0 Å². The summed E-state index contributed by atoms with van der Waals surface area (Å²) in [5, 5.41) is 4.34. The fraction of sp³-hybridized carbons (Fsp3) is 0.318. The van der Waals surface area contributed by atoms with Crippen LogP contribution in [0.2, 0.25) is 5.02 Å².